The molecule has 6 nitrogen and oxygen atoms in total. The molecule has 3 aliphatic heterocycles. The summed E-state index contributed by atoms with van der Waals surface area (Å²) < 4.78 is 0. The average molecular weight is 309 g/mol. The number of rotatable bonds is 2. The number of aliphatic imine (C=N–C) groups is 2. The van der Waals surface area contributed by atoms with E-state index in [9.17, 15) is 4.79 Å². The molecule has 1 saturated heterocycles. The molecule has 0 saturated carbocycles. The number of allylic oxidation sites excluding steroid dienone is 1. The van der Waals surface area contributed by atoms with Crippen LogP contribution in [-0.2, 0) is 4.79 Å². The highest BCUT2D eigenvalue weighted by molar-refractivity contribution is 6.60. The lowest BCUT2D eigenvalue weighted by molar-refractivity contribution is -0.127. The van der Waals surface area contributed by atoms with Gasteiger partial charge in [-0.2, -0.15) is 0 Å². The predicted octanol–water partition coefficient (Wildman–Crippen LogP) is 0.717. The second-order valence-electron chi connectivity index (χ2n) is 6.06. The Kier molecular flexibility index (Phi) is 3.18. The third kappa shape index (κ3) is 2.06. The zero-order chi connectivity index (χ0) is 16.0. The van der Waals surface area contributed by atoms with E-state index in [1.54, 1.807) is 0 Å². The van der Waals surface area contributed by atoms with Gasteiger partial charge in [0.15, 0.2) is 0 Å². The van der Waals surface area contributed by atoms with Crippen LogP contribution in [-0.4, -0.2) is 54.1 Å². The minimum absolute atomic E-state index is 0.435. The summed E-state index contributed by atoms with van der Waals surface area (Å²) in [6, 6.07) is 7.95. The van der Waals surface area contributed by atoms with Gasteiger partial charge in [0.25, 0.3) is 5.91 Å². The lowest BCUT2D eigenvalue weighted by atomic mass is 9.91. The molecule has 0 radical (unpaired) electrons. The van der Waals surface area contributed by atoms with Crippen LogP contribution in [0.2, 0.25) is 0 Å². The molecule has 1 aromatic rings. The van der Waals surface area contributed by atoms with Crippen LogP contribution in [0, 0.1) is 0 Å². The molecule has 1 fully saturated rings. The lowest BCUT2D eigenvalue weighted by Gasteiger charge is -2.41. The van der Waals surface area contributed by atoms with Crippen molar-refractivity contribution in [1.82, 2.24) is 10.2 Å². The van der Waals surface area contributed by atoms with Gasteiger partial charge >= 0.3 is 0 Å². The smallest absolute Gasteiger partial charge is 0.264 e. The molecular weight excluding hydrogens is 290 g/mol. The highest BCUT2D eigenvalue weighted by atomic mass is 16.2. The Morgan fingerprint density at radius 1 is 1.30 bits per heavy atom. The topological polar surface area (TPSA) is 83.1 Å². The molecule has 3 N–H and O–H groups in total. The van der Waals surface area contributed by atoms with E-state index in [1.807, 2.05) is 37.3 Å². The van der Waals surface area contributed by atoms with Gasteiger partial charge in [-0.1, -0.05) is 18.2 Å². The molecule has 0 aliphatic carbocycles. The number of dihydropyridines is 1. The Hall–Kier alpha value is -2.31. The number of nitrogens with one attached hydrogen (secondary N) is 1. The number of piperazine rings is 1. The number of fused-ring (bicyclic) bond motifs is 3. The summed E-state index contributed by atoms with van der Waals surface area (Å²) in [7, 11) is 0. The van der Waals surface area contributed by atoms with Gasteiger partial charge < -0.3 is 11.1 Å². The van der Waals surface area contributed by atoms with E-state index in [1.165, 1.54) is 0 Å². The minimum Gasteiger partial charge on any atom is -0.366 e. The van der Waals surface area contributed by atoms with Gasteiger partial charge in [-0.05, 0) is 19.1 Å². The Morgan fingerprint density at radius 2 is 2.04 bits per heavy atom. The molecule has 3 aliphatic rings. The monoisotopic (exact) mass is 309 g/mol. The number of carbonyl (C=O) groups is 1. The minimum atomic E-state index is -1.11. The predicted molar refractivity (Wildman–Crippen MR) is 91.0 cm³/mol. The molecule has 6 heteroatoms. The standard InChI is InChI=1S/C17H19N5O/c1-11-15-13(12-4-2-3-5-14(12)20-15)10-17(21-11,16(18)23)22-8-6-19-7-9-22/h2-5,10,19H,6-9H2,1H3,(H2,18,23). The number of para-hydroxylation sites is 1. The molecule has 0 spiro atoms. The van der Waals surface area contributed by atoms with Gasteiger partial charge in [0.2, 0.25) is 5.66 Å². The maximum absolute atomic E-state index is 12.4. The summed E-state index contributed by atoms with van der Waals surface area (Å²) >= 11 is 0. The van der Waals surface area contributed by atoms with Crippen LogP contribution < -0.4 is 11.1 Å². The largest absolute Gasteiger partial charge is 0.366 e. The quantitative estimate of drug-likeness (QED) is 0.844. The van der Waals surface area contributed by atoms with Gasteiger partial charge in [-0.25, -0.2) is 4.99 Å². The van der Waals surface area contributed by atoms with E-state index in [-0.39, 0.29) is 0 Å². The Morgan fingerprint density at radius 3 is 2.78 bits per heavy atom. The van der Waals surface area contributed by atoms with Gasteiger partial charge in [-0.15, -0.1) is 0 Å². The Bertz CT molecular complexity index is 773. The normalized spacial score (nSPS) is 26.7. The molecule has 1 amide bonds. The van der Waals surface area contributed by atoms with Crippen molar-refractivity contribution in [3.05, 3.63) is 35.9 Å². The van der Waals surface area contributed by atoms with Crippen molar-refractivity contribution in [2.24, 2.45) is 15.7 Å². The fraction of sp³-hybridized carbons (Fsp3) is 0.353. The van der Waals surface area contributed by atoms with Gasteiger partial charge in [0.1, 0.15) is 0 Å². The van der Waals surface area contributed by atoms with Crippen molar-refractivity contribution < 1.29 is 4.79 Å². The number of hydrogen-bond donors (Lipinski definition) is 2. The van der Waals surface area contributed by atoms with Crippen molar-refractivity contribution in [3.8, 4) is 0 Å². The fourth-order valence-corrected chi connectivity index (χ4v) is 3.52. The number of benzene rings is 1. The average Bonchev–Trinajstić information content (AvgIpc) is 2.94. The first-order valence-electron chi connectivity index (χ1n) is 7.86. The first-order chi connectivity index (χ1) is 11.1. The maximum Gasteiger partial charge on any atom is 0.264 e. The molecule has 3 heterocycles. The van der Waals surface area contributed by atoms with Crippen LogP contribution >= 0.6 is 0 Å². The second kappa shape index (κ2) is 5.11. The summed E-state index contributed by atoms with van der Waals surface area (Å²) in [5.74, 6) is -0.435. The number of primary amides is 1. The molecular formula is C17H19N5O. The van der Waals surface area contributed by atoms with Gasteiger partial charge in [0.05, 0.1) is 17.1 Å². The zero-order valence-corrected chi connectivity index (χ0v) is 13.0. The second-order valence-corrected chi connectivity index (χ2v) is 6.06. The van der Waals surface area contributed by atoms with E-state index in [0.29, 0.717) is 0 Å². The highest BCUT2D eigenvalue weighted by Crippen LogP contribution is 2.40. The third-order valence-corrected chi connectivity index (χ3v) is 4.67. The van der Waals surface area contributed by atoms with E-state index in [0.717, 1.165) is 54.4 Å². The first-order valence-corrected chi connectivity index (χ1v) is 7.86. The van der Waals surface area contributed by atoms with Crippen molar-refractivity contribution in [2.45, 2.75) is 12.6 Å². The van der Waals surface area contributed by atoms with Crippen LogP contribution in [0.15, 0.2) is 40.3 Å². The molecule has 1 unspecified atom stereocenters. The lowest BCUT2D eigenvalue weighted by Crippen LogP contribution is -2.61. The van der Waals surface area contributed by atoms with E-state index < -0.39 is 11.6 Å². The number of nitrogens with zero attached hydrogens (tertiary/aromatic N) is 3. The number of nitrogens with two attached hydrogens (primary N) is 1. The van der Waals surface area contributed by atoms with E-state index >= 15 is 0 Å². The van der Waals surface area contributed by atoms with Crippen molar-refractivity contribution in [2.75, 3.05) is 26.2 Å². The fourth-order valence-electron chi connectivity index (χ4n) is 3.52. The Labute approximate surface area is 134 Å². The number of carbonyl (C=O) groups excluding carboxylic acids is 1. The van der Waals surface area contributed by atoms with E-state index in [2.05, 4.69) is 15.2 Å². The highest BCUT2D eigenvalue weighted by Gasteiger charge is 2.45. The van der Waals surface area contributed by atoms with Crippen LogP contribution in [0.3, 0.4) is 0 Å². The summed E-state index contributed by atoms with van der Waals surface area (Å²) in [5, 5.41) is 3.30. The van der Waals surface area contributed by atoms with Crippen molar-refractivity contribution >= 4 is 28.6 Å². The van der Waals surface area contributed by atoms with Crippen LogP contribution in [0.25, 0.3) is 5.57 Å². The molecule has 0 aromatic heterocycles. The summed E-state index contributed by atoms with van der Waals surface area (Å²) in [6.45, 7) is 5.02. The zero-order valence-electron chi connectivity index (χ0n) is 13.0. The van der Waals surface area contributed by atoms with Gasteiger partial charge in [-0.3, -0.25) is 14.7 Å². The molecule has 118 valence electrons. The van der Waals surface area contributed by atoms with Gasteiger partial charge in [0, 0.05) is 37.3 Å². The third-order valence-electron chi connectivity index (χ3n) is 4.67. The summed E-state index contributed by atoms with van der Waals surface area (Å²) in [6.07, 6.45) is 1.90. The number of hydrogen-bond acceptors (Lipinski definition) is 5. The van der Waals surface area contributed by atoms with Crippen LogP contribution in [0.1, 0.15) is 12.5 Å². The molecule has 4 rings (SSSR count). The van der Waals surface area contributed by atoms with Crippen molar-refractivity contribution in [3.63, 3.8) is 0 Å². The summed E-state index contributed by atoms with van der Waals surface area (Å²) in [5.41, 5.74) is 9.22. The SMILES string of the molecule is CC1=NC(C(N)=O)(N2CCNCC2)C=C2C1=Nc1ccccc12. The molecule has 23 heavy (non-hydrogen) atoms. The van der Waals surface area contributed by atoms with Crippen LogP contribution in [0.5, 0.6) is 0 Å². The Balaban J connectivity index is 1.88. The molecule has 0 bridgehead atoms. The summed E-state index contributed by atoms with van der Waals surface area (Å²) in [4.78, 5) is 23.8. The molecule has 1 aromatic carbocycles. The molecule has 1 atom stereocenters. The van der Waals surface area contributed by atoms with Crippen molar-refractivity contribution in [1.29, 1.82) is 0 Å². The first kappa shape index (κ1) is 14.3. The maximum atomic E-state index is 12.4. The van der Waals surface area contributed by atoms with E-state index in [4.69, 9.17) is 10.7 Å². The van der Waals surface area contributed by atoms with Crippen LogP contribution in [0.4, 0.5) is 5.69 Å². The number of amides is 1.